The van der Waals surface area contributed by atoms with Crippen LogP contribution in [-0.2, 0) is 11.2 Å². The van der Waals surface area contributed by atoms with E-state index in [0.29, 0.717) is 5.69 Å². The van der Waals surface area contributed by atoms with Crippen molar-refractivity contribution in [3.8, 4) is 0 Å². The van der Waals surface area contributed by atoms with Gasteiger partial charge in [0.1, 0.15) is 0 Å². The fourth-order valence-corrected chi connectivity index (χ4v) is 0.873. The summed E-state index contributed by atoms with van der Waals surface area (Å²) in [4.78, 5) is 10.2. The maximum atomic E-state index is 10.2. The average molecular weight is 143 g/mol. The molecule has 0 aromatic carbocycles. The first-order valence-corrected chi connectivity index (χ1v) is 3.07. The van der Waals surface area contributed by atoms with E-state index in [4.69, 9.17) is 5.73 Å². The van der Waals surface area contributed by atoms with Gasteiger partial charge in [-0.2, -0.15) is 8.75 Å². The number of hydrogen-bond donors (Lipinski definition) is 1. The molecule has 2 N–H and O–H groups in total. The molecule has 0 bridgehead atoms. The van der Waals surface area contributed by atoms with Gasteiger partial charge in [-0.15, -0.1) is 0 Å². The average Bonchev–Trinajstić information content (AvgIpc) is 2.15. The van der Waals surface area contributed by atoms with Gasteiger partial charge in [0, 0.05) is 0 Å². The summed E-state index contributed by atoms with van der Waals surface area (Å²) in [5.41, 5.74) is 5.53. The van der Waals surface area contributed by atoms with E-state index >= 15 is 0 Å². The van der Waals surface area contributed by atoms with Gasteiger partial charge in [-0.25, -0.2) is 0 Å². The molecule has 4 nitrogen and oxygen atoms in total. The number of primary amides is 1. The second kappa shape index (κ2) is 2.54. The lowest BCUT2D eigenvalue weighted by Crippen LogP contribution is -2.13. The molecule has 1 rings (SSSR count). The van der Waals surface area contributed by atoms with Gasteiger partial charge in [0.05, 0.1) is 30.0 Å². The Morgan fingerprint density at radius 3 is 3.11 bits per heavy atom. The molecule has 0 saturated carbocycles. The SMILES string of the molecule is NC(=O)Cc1cnsn1. The molecule has 0 aliphatic heterocycles. The van der Waals surface area contributed by atoms with E-state index in [1.165, 1.54) is 6.20 Å². The standard InChI is InChI=1S/C4H5N3OS/c5-4(8)1-3-2-6-9-7-3/h2H,1H2,(H2,5,8). The fraction of sp³-hybridized carbons (Fsp3) is 0.250. The Hall–Kier alpha value is -0.970. The van der Waals surface area contributed by atoms with Crippen LogP contribution in [0.3, 0.4) is 0 Å². The molecule has 0 fully saturated rings. The van der Waals surface area contributed by atoms with Gasteiger partial charge in [-0.1, -0.05) is 0 Å². The number of carbonyl (C=O) groups is 1. The summed E-state index contributed by atoms with van der Waals surface area (Å²) >= 11 is 1.07. The molecule has 0 aliphatic carbocycles. The third-order valence-corrected chi connectivity index (χ3v) is 1.28. The molecule has 0 radical (unpaired) electrons. The predicted octanol–water partition coefficient (Wildman–Crippen LogP) is -0.434. The third kappa shape index (κ3) is 1.77. The number of carbonyl (C=O) groups excluding carboxylic acids is 1. The smallest absolute Gasteiger partial charge is 0.223 e. The van der Waals surface area contributed by atoms with E-state index in [0.717, 1.165) is 11.7 Å². The highest BCUT2D eigenvalue weighted by Gasteiger charge is 1.98. The zero-order chi connectivity index (χ0) is 6.69. The summed E-state index contributed by atoms with van der Waals surface area (Å²) < 4.78 is 7.48. The van der Waals surface area contributed by atoms with Crippen molar-refractivity contribution < 1.29 is 4.79 Å². The van der Waals surface area contributed by atoms with Crippen LogP contribution in [0.2, 0.25) is 0 Å². The monoisotopic (exact) mass is 143 g/mol. The Balaban J connectivity index is 2.58. The van der Waals surface area contributed by atoms with Crippen LogP contribution < -0.4 is 5.73 Å². The second-order valence-corrected chi connectivity index (χ2v) is 2.10. The lowest BCUT2D eigenvalue weighted by atomic mass is 10.3. The molecule has 1 heterocycles. The largest absolute Gasteiger partial charge is 0.369 e. The maximum Gasteiger partial charge on any atom is 0.223 e. The Bertz CT molecular complexity index is 196. The Morgan fingerprint density at radius 1 is 1.89 bits per heavy atom. The Kier molecular flexibility index (Phi) is 1.74. The van der Waals surface area contributed by atoms with Crippen LogP contribution in [0.4, 0.5) is 0 Å². The first kappa shape index (κ1) is 6.15. The summed E-state index contributed by atoms with van der Waals surface area (Å²) in [6, 6.07) is 0. The molecule has 5 heteroatoms. The lowest BCUT2D eigenvalue weighted by molar-refractivity contribution is -0.117. The maximum absolute atomic E-state index is 10.2. The minimum Gasteiger partial charge on any atom is -0.369 e. The van der Waals surface area contributed by atoms with Gasteiger partial charge in [-0.05, 0) is 0 Å². The molecule has 0 spiro atoms. The lowest BCUT2D eigenvalue weighted by Gasteiger charge is -1.84. The first-order chi connectivity index (χ1) is 4.29. The molecule has 0 unspecified atom stereocenters. The van der Waals surface area contributed by atoms with Crippen LogP contribution in [0.25, 0.3) is 0 Å². The zero-order valence-electron chi connectivity index (χ0n) is 4.57. The minimum absolute atomic E-state index is 0.191. The van der Waals surface area contributed by atoms with E-state index in [1.54, 1.807) is 0 Å². The van der Waals surface area contributed by atoms with Crippen molar-refractivity contribution >= 4 is 17.6 Å². The highest BCUT2D eigenvalue weighted by Crippen LogP contribution is 1.94. The molecule has 1 aromatic heterocycles. The summed E-state index contributed by atoms with van der Waals surface area (Å²) in [6.07, 6.45) is 1.73. The van der Waals surface area contributed by atoms with Gasteiger partial charge in [0.2, 0.25) is 5.91 Å². The van der Waals surface area contributed by atoms with Crippen LogP contribution in [-0.4, -0.2) is 14.7 Å². The molecular weight excluding hydrogens is 138 g/mol. The van der Waals surface area contributed by atoms with Gasteiger partial charge in [-0.3, -0.25) is 4.79 Å². The van der Waals surface area contributed by atoms with Crippen LogP contribution >= 0.6 is 11.7 Å². The summed E-state index contributed by atoms with van der Waals surface area (Å²) in [5, 5.41) is 0. The molecule has 1 aromatic rings. The van der Waals surface area contributed by atoms with Crippen LogP contribution in [0, 0.1) is 0 Å². The summed E-state index contributed by atoms with van der Waals surface area (Å²) in [6.45, 7) is 0. The summed E-state index contributed by atoms with van der Waals surface area (Å²) in [7, 11) is 0. The second-order valence-electron chi connectivity index (χ2n) is 1.54. The highest BCUT2D eigenvalue weighted by molar-refractivity contribution is 6.99. The van der Waals surface area contributed by atoms with Crippen molar-refractivity contribution in [2.45, 2.75) is 6.42 Å². The molecule has 9 heavy (non-hydrogen) atoms. The van der Waals surface area contributed by atoms with Crippen molar-refractivity contribution in [2.24, 2.45) is 5.73 Å². The van der Waals surface area contributed by atoms with Gasteiger partial charge in [0.15, 0.2) is 0 Å². The minimum atomic E-state index is -0.372. The van der Waals surface area contributed by atoms with E-state index < -0.39 is 0 Å². The number of hydrogen-bond acceptors (Lipinski definition) is 4. The first-order valence-electron chi connectivity index (χ1n) is 2.34. The van der Waals surface area contributed by atoms with E-state index in [1.807, 2.05) is 0 Å². The normalized spacial score (nSPS) is 9.33. The van der Waals surface area contributed by atoms with Gasteiger partial charge in [0.25, 0.3) is 0 Å². The fourth-order valence-electron chi connectivity index (χ4n) is 0.440. The summed E-state index contributed by atoms with van der Waals surface area (Å²) in [5.74, 6) is -0.372. The van der Waals surface area contributed by atoms with Gasteiger partial charge >= 0.3 is 0 Å². The van der Waals surface area contributed by atoms with Crippen LogP contribution in [0.15, 0.2) is 6.20 Å². The van der Waals surface area contributed by atoms with E-state index in [9.17, 15) is 4.79 Å². The Labute approximate surface area is 56.0 Å². The van der Waals surface area contributed by atoms with E-state index in [-0.39, 0.29) is 12.3 Å². The predicted molar refractivity (Wildman–Crippen MR) is 32.8 cm³/mol. The van der Waals surface area contributed by atoms with E-state index in [2.05, 4.69) is 8.75 Å². The number of nitrogens with zero attached hydrogens (tertiary/aromatic N) is 2. The van der Waals surface area contributed by atoms with Crippen molar-refractivity contribution in [1.29, 1.82) is 0 Å². The number of rotatable bonds is 2. The van der Waals surface area contributed by atoms with Crippen LogP contribution in [0.1, 0.15) is 5.69 Å². The molecule has 1 amide bonds. The number of amides is 1. The zero-order valence-corrected chi connectivity index (χ0v) is 5.39. The molecule has 0 aliphatic rings. The van der Waals surface area contributed by atoms with Crippen molar-refractivity contribution in [2.75, 3.05) is 0 Å². The van der Waals surface area contributed by atoms with Crippen molar-refractivity contribution in [3.63, 3.8) is 0 Å². The topological polar surface area (TPSA) is 68.9 Å². The molecular formula is C4H5N3OS. The number of aromatic nitrogens is 2. The Morgan fingerprint density at radius 2 is 2.67 bits per heavy atom. The third-order valence-electron chi connectivity index (χ3n) is 0.762. The molecule has 0 saturated heterocycles. The number of nitrogens with two attached hydrogens (primary N) is 1. The molecule has 48 valence electrons. The quantitative estimate of drug-likeness (QED) is 0.610. The van der Waals surface area contributed by atoms with Gasteiger partial charge < -0.3 is 5.73 Å². The van der Waals surface area contributed by atoms with Crippen molar-refractivity contribution in [3.05, 3.63) is 11.9 Å². The van der Waals surface area contributed by atoms with Crippen LogP contribution in [0.5, 0.6) is 0 Å². The van der Waals surface area contributed by atoms with Crippen molar-refractivity contribution in [1.82, 2.24) is 8.75 Å². The highest BCUT2D eigenvalue weighted by atomic mass is 32.1. The molecule has 0 atom stereocenters.